The van der Waals surface area contributed by atoms with Crippen molar-refractivity contribution in [3.8, 4) is 5.75 Å². The Hall–Kier alpha value is -2.33. The summed E-state index contributed by atoms with van der Waals surface area (Å²) in [5.74, 6) is 0.569. The van der Waals surface area contributed by atoms with Crippen molar-refractivity contribution in [3.63, 3.8) is 0 Å². The van der Waals surface area contributed by atoms with Crippen LogP contribution in [0.5, 0.6) is 5.75 Å². The first kappa shape index (κ1) is 14.6. The van der Waals surface area contributed by atoms with Gasteiger partial charge in [-0.05, 0) is 31.5 Å². The van der Waals surface area contributed by atoms with Crippen molar-refractivity contribution in [1.29, 1.82) is 0 Å². The molecule has 3 rings (SSSR count). The Bertz CT molecular complexity index is 682. The Kier molecular flexibility index (Phi) is 3.86. The first-order valence-corrected chi connectivity index (χ1v) is 7.40. The summed E-state index contributed by atoms with van der Waals surface area (Å²) < 4.78 is 5.95. The maximum absolute atomic E-state index is 12.8. The number of carbonyl (C=O) groups is 1. The molecule has 4 heteroatoms. The standard InChI is InChI=1S/C18H19NO3/c1-12(2)19-15-9-8-13(11-20)10-16(15)22-17(18(19)21)14-6-4-3-5-7-14/h3-10,12,17,20H,11H2,1-2H3. The molecule has 4 nitrogen and oxygen atoms in total. The summed E-state index contributed by atoms with van der Waals surface area (Å²) >= 11 is 0. The SMILES string of the molecule is CC(C)N1C(=O)C(c2ccccc2)Oc2cc(CO)ccc21. The lowest BCUT2D eigenvalue weighted by Gasteiger charge is -2.37. The van der Waals surface area contributed by atoms with Crippen molar-refractivity contribution in [2.24, 2.45) is 0 Å². The number of benzene rings is 2. The van der Waals surface area contributed by atoms with Crippen LogP contribution in [0.4, 0.5) is 5.69 Å². The average Bonchev–Trinajstić information content (AvgIpc) is 2.54. The van der Waals surface area contributed by atoms with E-state index >= 15 is 0 Å². The van der Waals surface area contributed by atoms with Crippen LogP contribution < -0.4 is 9.64 Å². The number of fused-ring (bicyclic) bond motifs is 1. The highest BCUT2D eigenvalue weighted by atomic mass is 16.5. The summed E-state index contributed by atoms with van der Waals surface area (Å²) in [4.78, 5) is 14.6. The smallest absolute Gasteiger partial charge is 0.273 e. The summed E-state index contributed by atoms with van der Waals surface area (Å²) in [6, 6.07) is 15.0. The summed E-state index contributed by atoms with van der Waals surface area (Å²) in [5, 5.41) is 9.31. The molecule has 1 aliphatic rings. The fourth-order valence-electron chi connectivity index (χ4n) is 2.74. The third-order valence-electron chi connectivity index (χ3n) is 3.79. The van der Waals surface area contributed by atoms with Crippen molar-refractivity contribution in [1.82, 2.24) is 0 Å². The van der Waals surface area contributed by atoms with Gasteiger partial charge in [0.2, 0.25) is 6.10 Å². The summed E-state index contributed by atoms with van der Waals surface area (Å²) in [6.45, 7) is 3.91. The van der Waals surface area contributed by atoms with Gasteiger partial charge in [0.05, 0.1) is 12.3 Å². The van der Waals surface area contributed by atoms with Gasteiger partial charge in [0.25, 0.3) is 5.91 Å². The van der Waals surface area contributed by atoms with Crippen LogP contribution in [0.1, 0.15) is 31.1 Å². The van der Waals surface area contributed by atoms with Gasteiger partial charge in [-0.25, -0.2) is 0 Å². The van der Waals surface area contributed by atoms with E-state index in [0.29, 0.717) is 5.75 Å². The van der Waals surface area contributed by atoms with E-state index in [1.165, 1.54) is 0 Å². The topological polar surface area (TPSA) is 49.8 Å². The van der Waals surface area contributed by atoms with Crippen molar-refractivity contribution in [3.05, 3.63) is 59.7 Å². The molecular weight excluding hydrogens is 278 g/mol. The van der Waals surface area contributed by atoms with E-state index in [1.807, 2.05) is 56.3 Å². The Morgan fingerprint density at radius 3 is 2.55 bits per heavy atom. The number of rotatable bonds is 3. The Morgan fingerprint density at radius 2 is 1.91 bits per heavy atom. The van der Waals surface area contributed by atoms with E-state index in [1.54, 1.807) is 11.0 Å². The lowest BCUT2D eigenvalue weighted by Crippen LogP contribution is -2.45. The predicted octanol–water partition coefficient (Wildman–Crippen LogP) is 3.05. The molecule has 0 fully saturated rings. The van der Waals surface area contributed by atoms with Crippen LogP contribution >= 0.6 is 0 Å². The number of aliphatic hydroxyl groups is 1. The van der Waals surface area contributed by atoms with Gasteiger partial charge >= 0.3 is 0 Å². The lowest BCUT2D eigenvalue weighted by molar-refractivity contribution is -0.127. The maximum atomic E-state index is 12.8. The molecule has 0 saturated carbocycles. The highest BCUT2D eigenvalue weighted by Crippen LogP contribution is 2.40. The number of carbonyl (C=O) groups excluding carboxylic acids is 1. The van der Waals surface area contributed by atoms with Crippen LogP contribution in [0, 0.1) is 0 Å². The number of anilines is 1. The maximum Gasteiger partial charge on any atom is 0.273 e. The van der Waals surface area contributed by atoms with Crippen LogP contribution in [0.3, 0.4) is 0 Å². The van der Waals surface area contributed by atoms with Crippen molar-refractivity contribution >= 4 is 11.6 Å². The molecule has 2 aromatic carbocycles. The van der Waals surface area contributed by atoms with Crippen LogP contribution in [-0.4, -0.2) is 17.1 Å². The zero-order valence-electron chi connectivity index (χ0n) is 12.7. The van der Waals surface area contributed by atoms with Gasteiger partial charge in [0.15, 0.2) is 0 Å². The lowest BCUT2D eigenvalue weighted by atomic mass is 10.0. The highest BCUT2D eigenvalue weighted by molar-refractivity contribution is 6.01. The monoisotopic (exact) mass is 297 g/mol. The van der Waals surface area contributed by atoms with Gasteiger partial charge in [-0.15, -0.1) is 0 Å². The number of hydrogen-bond acceptors (Lipinski definition) is 3. The van der Waals surface area contributed by atoms with Crippen LogP contribution in [0.25, 0.3) is 0 Å². The molecule has 1 amide bonds. The van der Waals surface area contributed by atoms with E-state index < -0.39 is 6.10 Å². The number of amides is 1. The quantitative estimate of drug-likeness (QED) is 0.947. The zero-order valence-corrected chi connectivity index (χ0v) is 12.7. The molecule has 1 unspecified atom stereocenters. The molecule has 1 aliphatic heterocycles. The number of aliphatic hydroxyl groups excluding tert-OH is 1. The molecule has 22 heavy (non-hydrogen) atoms. The minimum atomic E-state index is -0.648. The number of ether oxygens (including phenoxy) is 1. The number of hydrogen-bond donors (Lipinski definition) is 1. The molecule has 0 spiro atoms. The molecule has 0 bridgehead atoms. The van der Waals surface area contributed by atoms with Gasteiger partial charge < -0.3 is 14.7 Å². The number of nitrogens with zero attached hydrogens (tertiary/aromatic N) is 1. The van der Waals surface area contributed by atoms with E-state index in [4.69, 9.17) is 4.74 Å². The van der Waals surface area contributed by atoms with Crippen LogP contribution in [0.2, 0.25) is 0 Å². The summed E-state index contributed by atoms with van der Waals surface area (Å²) in [7, 11) is 0. The average molecular weight is 297 g/mol. The molecule has 1 atom stereocenters. The molecule has 0 radical (unpaired) electrons. The third-order valence-corrected chi connectivity index (χ3v) is 3.79. The summed E-state index contributed by atoms with van der Waals surface area (Å²) in [5.41, 5.74) is 2.35. The highest BCUT2D eigenvalue weighted by Gasteiger charge is 2.36. The van der Waals surface area contributed by atoms with Crippen molar-refractivity contribution in [2.75, 3.05) is 4.90 Å². The van der Waals surface area contributed by atoms with E-state index in [9.17, 15) is 9.90 Å². The third kappa shape index (κ3) is 2.46. The van der Waals surface area contributed by atoms with Crippen molar-refractivity contribution < 1.29 is 14.6 Å². The first-order valence-electron chi connectivity index (χ1n) is 7.40. The molecule has 0 aromatic heterocycles. The van der Waals surface area contributed by atoms with E-state index in [2.05, 4.69) is 0 Å². The molecule has 0 aliphatic carbocycles. The zero-order chi connectivity index (χ0) is 15.7. The minimum Gasteiger partial charge on any atom is -0.474 e. The molecule has 114 valence electrons. The molecule has 1 N–H and O–H groups in total. The predicted molar refractivity (Wildman–Crippen MR) is 84.8 cm³/mol. The Morgan fingerprint density at radius 1 is 1.18 bits per heavy atom. The van der Waals surface area contributed by atoms with Gasteiger partial charge in [0.1, 0.15) is 5.75 Å². The minimum absolute atomic E-state index is 0.0290. The first-order chi connectivity index (χ1) is 10.6. The Balaban J connectivity index is 2.08. The second kappa shape index (κ2) is 5.81. The van der Waals surface area contributed by atoms with Crippen molar-refractivity contribution in [2.45, 2.75) is 32.6 Å². The van der Waals surface area contributed by atoms with Crippen LogP contribution in [-0.2, 0) is 11.4 Å². The van der Waals surface area contributed by atoms with E-state index in [-0.39, 0.29) is 18.6 Å². The molecular formula is C18H19NO3. The molecule has 0 saturated heterocycles. The van der Waals surface area contributed by atoms with Gasteiger partial charge in [-0.1, -0.05) is 36.4 Å². The fraction of sp³-hybridized carbons (Fsp3) is 0.278. The fourth-order valence-corrected chi connectivity index (χ4v) is 2.74. The second-order valence-electron chi connectivity index (χ2n) is 5.67. The second-order valence-corrected chi connectivity index (χ2v) is 5.67. The normalized spacial score (nSPS) is 17.4. The van der Waals surface area contributed by atoms with Gasteiger partial charge in [-0.2, -0.15) is 0 Å². The Labute approximate surface area is 130 Å². The van der Waals surface area contributed by atoms with Gasteiger partial charge in [0, 0.05) is 11.6 Å². The van der Waals surface area contributed by atoms with Gasteiger partial charge in [-0.3, -0.25) is 4.79 Å². The van der Waals surface area contributed by atoms with E-state index in [0.717, 1.165) is 16.8 Å². The largest absolute Gasteiger partial charge is 0.474 e. The summed E-state index contributed by atoms with van der Waals surface area (Å²) in [6.07, 6.45) is -0.648. The van der Waals surface area contributed by atoms with Crippen LogP contribution in [0.15, 0.2) is 48.5 Å². The molecule has 2 aromatic rings. The molecule has 1 heterocycles.